The molecule has 0 aliphatic carbocycles. The molecule has 0 unspecified atom stereocenters. The lowest BCUT2D eigenvalue weighted by Gasteiger charge is -2.07. The molecule has 2 amide bonds. The Balaban J connectivity index is 1.52. The topological polar surface area (TPSA) is 96.9 Å². The van der Waals surface area contributed by atoms with Crippen LogP contribution >= 0.6 is 45.8 Å². The van der Waals surface area contributed by atoms with Gasteiger partial charge in [0.05, 0.1) is 28.9 Å². The summed E-state index contributed by atoms with van der Waals surface area (Å²) in [5.74, 6) is -1.21. The van der Waals surface area contributed by atoms with E-state index < -0.39 is 11.9 Å². The highest BCUT2D eigenvalue weighted by Crippen LogP contribution is 2.23. The quantitative estimate of drug-likeness (QED) is 0.136. The smallest absolute Gasteiger partial charge is 0.345 e. The number of nitrogens with one attached hydrogen (secondary N) is 2. The molecule has 168 valence electrons. The van der Waals surface area contributed by atoms with Gasteiger partial charge in [0.25, 0.3) is 11.8 Å². The Hall–Kier alpha value is -2.95. The molecule has 10 heteroatoms. The first kappa shape index (κ1) is 24.7. The largest absolute Gasteiger partial charge is 0.423 e. The third kappa shape index (κ3) is 7.28. The van der Waals surface area contributed by atoms with Crippen molar-refractivity contribution in [2.45, 2.75) is 0 Å². The van der Waals surface area contributed by atoms with E-state index in [0.717, 1.165) is 3.57 Å². The number of ether oxygens (including phenoxy) is 1. The molecule has 0 aliphatic rings. The van der Waals surface area contributed by atoms with Crippen LogP contribution in [0.1, 0.15) is 26.3 Å². The van der Waals surface area contributed by atoms with E-state index >= 15 is 0 Å². The van der Waals surface area contributed by atoms with Gasteiger partial charge in [0, 0.05) is 8.59 Å². The summed E-state index contributed by atoms with van der Waals surface area (Å²) in [4.78, 5) is 36.4. The van der Waals surface area contributed by atoms with Gasteiger partial charge in [-0.2, -0.15) is 5.10 Å². The molecule has 0 saturated heterocycles. The summed E-state index contributed by atoms with van der Waals surface area (Å²) in [5.41, 5.74) is 3.57. The molecule has 33 heavy (non-hydrogen) atoms. The van der Waals surface area contributed by atoms with Gasteiger partial charge in [-0.1, -0.05) is 47.5 Å². The lowest BCUT2D eigenvalue weighted by Crippen LogP contribution is -2.35. The number of hydrogen-bond acceptors (Lipinski definition) is 5. The average Bonchev–Trinajstić information content (AvgIpc) is 2.78. The van der Waals surface area contributed by atoms with Crippen molar-refractivity contribution in [2.75, 3.05) is 6.54 Å². The first-order chi connectivity index (χ1) is 15.8. The van der Waals surface area contributed by atoms with Crippen molar-refractivity contribution in [3.8, 4) is 5.75 Å². The summed E-state index contributed by atoms with van der Waals surface area (Å²) in [6.07, 6.45) is 1.38. The van der Waals surface area contributed by atoms with Gasteiger partial charge in [-0.15, -0.1) is 0 Å². The van der Waals surface area contributed by atoms with Crippen LogP contribution in [-0.4, -0.2) is 30.5 Å². The fraction of sp³-hybridized carbons (Fsp3) is 0.0435. The molecular formula is C23H16Cl2IN3O4. The van der Waals surface area contributed by atoms with Crippen LogP contribution in [0.5, 0.6) is 5.75 Å². The number of hydrogen-bond donors (Lipinski definition) is 2. The van der Waals surface area contributed by atoms with Crippen LogP contribution < -0.4 is 15.5 Å². The molecule has 0 radical (unpaired) electrons. The SMILES string of the molecule is O=C(CNC(=O)c1ccccc1I)N/N=C\c1cccc(OC(=O)c2ccc(Cl)cc2Cl)c1. The van der Waals surface area contributed by atoms with Gasteiger partial charge in [0.1, 0.15) is 5.75 Å². The second kappa shape index (κ2) is 11.8. The number of hydrazone groups is 1. The van der Waals surface area contributed by atoms with E-state index in [4.69, 9.17) is 27.9 Å². The molecule has 0 spiro atoms. The van der Waals surface area contributed by atoms with E-state index in [2.05, 4.69) is 15.8 Å². The number of carbonyl (C=O) groups is 3. The normalized spacial score (nSPS) is 10.6. The first-order valence-electron chi connectivity index (χ1n) is 9.45. The van der Waals surface area contributed by atoms with Gasteiger partial charge in [0.15, 0.2) is 0 Å². The van der Waals surface area contributed by atoms with Crippen LogP contribution in [0.25, 0.3) is 0 Å². The van der Waals surface area contributed by atoms with Crippen LogP contribution in [0, 0.1) is 3.57 Å². The molecule has 2 N–H and O–H groups in total. The van der Waals surface area contributed by atoms with E-state index in [1.165, 1.54) is 18.3 Å². The standard InChI is InChI=1S/C23H16Cl2IN3O4/c24-15-8-9-17(19(25)11-15)23(32)33-16-5-3-4-14(10-16)12-28-29-21(30)13-27-22(31)18-6-1-2-7-20(18)26/h1-12H,13H2,(H,27,31)(H,29,30)/b28-12-. The molecule has 0 fully saturated rings. The van der Waals surface area contributed by atoms with Crippen LogP contribution in [0.4, 0.5) is 0 Å². The number of benzene rings is 3. The zero-order valence-corrected chi connectivity index (χ0v) is 20.5. The molecule has 3 rings (SSSR count). The molecule has 0 bridgehead atoms. The average molecular weight is 596 g/mol. The second-order valence-corrected chi connectivity index (χ2v) is 8.55. The van der Waals surface area contributed by atoms with Crippen LogP contribution in [0.15, 0.2) is 71.8 Å². The van der Waals surface area contributed by atoms with Crippen molar-refractivity contribution in [2.24, 2.45) is 5.10 Å². The zero-order valence-electron chi connectivity index (χ0n) is 16.8. The van der Waals surface area contributed by atoms with E-state index in [1.54, 1.807) is 48.5 Å². The number of carbonyl (C=O) groups excluding carboxylic acids is 3. The Morgan fingerprint density at radius 3 is 2.52 bits per heavy atom. The van der Waals surface area contributed by atoms with Crippen molar-refractivity contribution >= 4 is 69.8 Å². The number of halogens is 3. The predicted molar refractivity (Wildman–Crippen MR) is 135 cm³/mol. The molecule has 0 atom stereocenters. The number of nitrogens with zero attached hydrogens (tertiary/aromatic N) is 1. The number of rotatable bonds is 7. The molecule has 0 aromatic heterocycles. The number of esters is 1. The Morgan fingerprint density at radius 2 is 1.76 bits per heavy atom. The summed E-state index contributed by atoms with van der Waals surface area (Å²) in [6, 6.07) is 18.1. The minimum atomic E-state index is -0.636. The molecule has 3 aromatic rings. The third-order valence-corrected chi connectivity index (χ3v) is 5.64. The molecular weight excluding hydrogens is 580 g/mol. The van der Waals surface area contributed by atoms with Crippen molar-refractivity contribution in [1.29, 1.82) is 0 Å². The molecule has 0 heterocycles. The minimum absolute atomic E-state index is 0.180. The van der Waals surface area contributed by atoms with Crippen molar-refractivity contribution in [1.82, 2.24) is 10.7 Å². The van der Waals surface area contributed by atoms with Gasteiger partial charge in [0.2, 0.25) is 0 Å². The summed E-state index contributed by atoms with van der Waals surface area (Å²) >= 11 is 13.9. The molecule has 0 aliphatic heterocycles. The summed E-state index contributed by atoms with van der Waals surface area (Å²) in [5, 5.41) is 6.99. The third-order valence-electron chi connectivity index (χ3n) is 4.15. The highest BCUT2D eigenvalue weighted by Gasteiger charge is 2.13. The maximum Gasteiger partial charge on any atom is 0.345 e. The molecule has 7 nitrogen and oxygen atoms in total. The van der Waals surface area contributed by atoms with E-state index in [-0.39, 0.29) is 28.8 Å². The van der Waals surface area contributed by atoms with Gasteiger partial charge >= 0.3 is 5.97 Å². The van der Waals surface area contributed by atoms with E-state index in [9.17, 15) is 14.4 Å². The molecule has 3 aromatic carbocycles. The van der Waals surface area contributed by atoms with E-state index in [0.29, 0.717) is 16.1 Å². The summed E-state index contributed by atoms with van der Waals surface area (Å²) in [6.45, 7) is -0.235. The Bertz CT molecular complexity index is 1230. The van der Waals surface area contributed by atoms with Crippen LogP contribution in [0.2, 0.25) is 10.0 Å². The predicted octanol–water partition coefficient (Wildman–Crippen LogP) is 4.70. The fourth-order valence-electron chi connectivity index (χ4n) is 2.59. The number of amides is 2. The van der Waals surface area contributed by atoms with E-state index in [1.807, 2.05) is 28.7 Å². The highest BCUT2D eigenvalue weighted by atomic mass is 127. The Kier molecular flexibility index (Phi) is 8.81. The Labute approximate surface area is 213 Å². The molecule has 0 saturated carbocycles. The fourth-order valence-corrected chi connectivity index (χ4v) is 3.71. The lowest BCUT2D eigenvalue weighted by atomic mass is 10.2. The Morgan fingerprint density at radius 1 is 0.970 bits per heavy atom. The van der Waals surface area contributed by atoms with Crippen LogP contribution in [-0.2, 0) is 4.79 Å². The van der Waals surface area contributed by atoms with Gasteiger partial charge in [-0.05, 0) is 70.6 Å². The summed E-state index contributed by atoms with van der Waals surface area (Å²) in [7, 11) is 0. The lowest BCUT2D eigenvalue weighted by molar-refractivity contribution is -0.120. The van der Waals surface area contributed by atoms with Gasteiger partial charge in [-0.25, -0.2) is 10.2 Å². The monoisotopic (exact) mass is 595 g/mol. The van der Waals surface area contributed by atoms with Crippen molar-refractivity contribution in [3.05, 3.63) is 97.0 Å². The maximum atomic E-state index is 12.3. The van der Waals surface area contributed by atoms with Gasteiger partial charge < -0.3 is 10.1 Å². The minimum Gasteiger partial charge on any atom is -0.423 e. The first-order valence-corrected chi connectivity index (χ1v) is 11.3. The summed E-state index contributed by atoms with van der Waals surface area (Å²) < 4.78 is 6.12. The highest BCUT2D eigenvalue weighted by molar-refractivity contribution is 14.1. The van der Waals surface area contributed by atoms with Crippen molar-refractivity contribution in [3.63, 3.8) is 0 Å². The van der Waals surface area contributed by atoms with Crippen LogP contribution in [0.3, 0.4) is 0 Å². The maximum absolute atomic E-state index is 12.3. The van der Waals surface area contributed by atoms with Gasteiger partial charge in [-0.3, -0.25) is 9.59 Å². The van der Waals surface area contributed by atoms with Crippen molar-refractivity contribution < 1.29 is 19.1 Å². The zero-order chi connectivity index (χ0) is 23.8. The second-order valence-electron chi connectivity index (χ2n) is 6.54.